The Kier molecular flexibility index (Phi) is 3.43. The minimum atomic E-state index is -1.23. The summed E-state index contributed by atoms with van der Waals surface area (Å²) in [6.45, 7) is 1.59. The van der Waals surface area contributed by atoms with Gasteiger partial charge >= 0.3 is 0 Å². The molecule has 0 aromatic heterocycles. The van der Waals surface area contributed by atoms with Crippen LogP contribution in [0.2, 0.25) is 0 Å². The molecule has 0 spiro atoms. The zero-order valence-electron chi connectivity index (χ0n) is 10.0. The molecule has 18 heavy (non-hydrogen) atoms. The monoisotopic (exact) mass is 248 g/mol. The molecular weight excluding hydrogens is 234 g/mol. The van der Waals surface area contributed by atoms with Crippen molar-refractivity contribution in [3.8, 4) is 0 Å². The fourth-order valence-electron chi connectivity index (χ4n) is 1.96. The Hall–Kier alpha value is -1.74. The first-order valence-corrected chi connectivity index (χ1v) is 5.71. The molecule has 2 aromatic carbocycles. The highest BCUT2D eigenvalue weighted by Gasteiger charge is 2.25. The molecule has 2 rings (SSSR count). The molecule has 0 saturated heterocycles. The van der Waals surface area contributed by atoms with Crippen LogP contribution >= 0.6 is 0 Å². The summed E-state index contributed by atoms with van der Waals surface area (Å²) in [5, 5.41) is 10.4. The maximum absolute atomic E-state index is 13.6. The van der Waals surface area contributed by atoms with E-state index in [0.717, 1.165) is 6.07 Å². The number of rotatable bonds is 3. The molecule has 1 atom stereocenters. The fraction of sp³-hybridized carbons (Fsp3) is 0.200. The van der Waals surface area contributed by atoms with Crippen LogP contribution in [0.4, 0.5) is 8.78 Å². The minimum Gasteiger partial charge on any atom is -0.385 e. The second kappa shape index (κ2) is 4.86. The largest absolute Gasteiger partial charge is 0.385 e. The summed E-state index contributed by atoms with van der Waals surface area (Å²) < 4.78 is 26.7. The maximum atomic E-state index is 13.6. The Bertz CT molecular complexity index is 535. The zero-order valence-corrected chi connectivity index (χ0v) is 10.0. The van der Waals surface area contributed by atoms with Gasteiger partial charge in [-0.1, -0.05) is 42.5 Å². The molecule has 1 unspecified atom stereocenters. The molecular formula is C15H14F2O. The van der Waals surface area contributed by atoms with Gasteiger partial charge in [0.15, 0.2) is 11.6 Å². The maximum Gasteiger partial charge on any atom is 0.162 e. The van der Waals surface area contributed by atoms with E-state index < -0.39 is 17.2 Å². The molecule has 0 bridgehead atoms. The third-order valence-corrected chi connectivity index (χ3v) is 2.96. The minimum absolute atomic E-state index is 0.0284. The van der Waals surface area contributed by atoms with E-state index >= 15 is 0 Å². The van der Waals surface area contributed by atoms with E-state index in [1.165, 1.54) is 12.1 Å². The van der Waals surface area contributed by atoms with Crippen molar-refractivity contribution in [1.82, 2.24) is 0 Å². The van der Waals surface area contributed by atoms with E-state index in [0.29, 0.717) is 5.56 Å². The van der Waals surface area contributed by atoms with E-state index in [-0.39, 0.29) is 12.0 Å². The van der Waals surface area contributed by atoms with Crippen LogP contribution in [0.15, 0.2) is 48.5 Å². The second-order valence-electron chi connectivity index (χ2n) is 4.53. The van der Waals surface area contributed by atoms with Gasteiger partial charge in [0.25, 0.3) is 0 Å². The highest BCUT2D eigenvalue weighted by Crippen LogP contribution is 2.26. The summed E-state index contributed by atoms with van der Waals surface area (Å²) in [7, 11) is 0. The van der Waals surface area contributed by atoms with Gasteiger partial charge in [-0.3, -0.25) is 0 Å². The fourth-order valence-corrected chi connectivity index (χ4v) is 1.96. The molecule has 94 valence electrons. The molecule has 3 heteroatoms. The summed E-state index contributed by atoms with van der Waals surface area (Å²) in [6.07, 6.45) is 0.0284. The molecule has 0 saturated carbocycles. The number of hydrogen-bond acceptors (Lipinski definition) is 1. The Morgan fingerprint density at radius 3 is 2.33 bits per heavy atom. The normalized spacial score (nSPS) is 14.2. The van der Waals surface area contributed by atoms with E-state index in [2.05, 4.69) is 0 Å². The summed E-state index contributed by atoms with van der Waals surface area (Å²) in [5.74, 6) is -1.79. The molecule has 0 fully saturated rings. The van der Waals surface area contributed by atoms with Crippen molar-refractivity contribution in [2.45, 2.75) is 18.9 Å². The van der Waals surface area contributed by atoms with Gasteiger partial charge in [0.1, 0.15) is 0 Å². The molecule has 1 N–H and O–H groups in total. The van der Waals surface area contributed by atoms with Crippen LogP contribution in [0.1, 0.15) is 18.1 Å². The molecule has 0 radical (unpaired) electrons. The lowest BCUT2D eigenvalue weighted by Gasteiger charge is -2.24. The van der Waals surface area contributed by atoms with Crippen LogP contribution in [0, 0.1) is 11.6 Å². The first-order chi connectivity index (χ1) is 8.50. The summed E-state index contributed by atoms with van der Waals surface area (Å²) >= 11 is 0. The van der Waals surface area contributed by atoms with Crippen molar-refractivity contribution >= 4 is 0 Å². The van der Waals surface area contributed by atoms with Gasteiger partial charge in [-0.25, -0.2) is 8.78 Å². The van der Waals surface area contributed by atoms with E-state index in [9.17, 15) is 13.9 Å². The highest BCUT2D eigenvalue weighted by molar-refractivity contribution is 5.27. The van der Waals surface area contributed by atoms with Crippen molar-refractivity contribution < 1.29 is 13.9 Å². The number of halogens is 2. The van der Waals surface area contributed by atoms with Crippen molar-refractivity contribution in [3.05, 3.63) is 71.3 Å². The zero-order chi connectivity index (χ0) is 13.2. The SMILES string of the molecule is CC(O)(Cc1cccc(F)c1F)c1ccccc1. The summed E-state index contributed by atoms with van der Waals surface area (Å²) in [6, 6.07) is 12.9. The number of benzene rings is 2. The van der Waals surface area contributed by atoms with E-state index in [4.69, 9.17) is 0 Å². The summed E-state index contributed by atoms with van der Waals surface area (Å²) in [4.78, 5) is 0. The third-order valence-electron chi connectivity index (χ3n) is 2.96. The van der Waals surface area contributed by atoms with Crippen LogP contribution in [0.25, 0.3) is 0 Å². The lowest BCUT2D eigenvalue weighted by Crippen LogP contribution is -2.24. The molecule has 0 aliphatic heterocycles. The molecule has 0 aliphatic rings. The van der Waals surface area contributed by atoms with Crippen LogP contribution in [-0.4, -0.2) is 5.11 Å². The smallest absolute Gasteiger partial charge is 0.162 e. The Balaban J connectivity index is 2.31. The van der Waals surface area contributed by atoms with E-state index in [1.54, 1.807) is 31.2 Å². The summed E-state index contributed by atoms with van der Waals surface area (Å²) in [5.41, 5.74) is -0.381. The topological polar surface area (TPSA) is 20.2 Å². The van der Waals surface area contributed by atoms with Crippen molar-refractivity contribution in [2.75, 3.05) is 0 Å². The first-order valence-electron chi connectivity index (χ1n) is 5.71. The van der Waals surface area contributed by atoms with Crippen LogP contribution in [0.3, 0.4) is 0 Å². The van der Waals surface area contributed by atoms with Crippen LogP contribution in [-0.2, 0) is 12.0 Å². The second-order valence-corrected chi connectivity index (χ2v) is 4.53. The van der Waals surface area contributed by atoms with Gasteiger partial charge in [-0.2, -0.15) is 0 Å². The Labute approximate surface area is 105 Å². The predicted octanol–water partition coefficient (Wildman–Crippen LogP) is 3.42. The molecule has 0 amide bonds. The molecule has 0 aliphatic carbocycles. The van der Waals surface area contributed by atoms with Crippen molar-refractivity contribution in [1.29, 1.82) is 0 Å². The first kappa shape index (κ1) is 12.7. The standard InChI is InChI=1S/C15H14F2O/c1-15(18,12-7-3-2-4-8-12)10-11-6-5-9-13(16)14(11)17/h2-9,18H,10H2,1H3. The van der Waals surface area contributed by atoms with Gasteiger partial charge in [0.05, 0.1) is 5.60 Å². The molecule has 0 heterocycles. The van der Waals surface area contributed by atoms with Crippen LogP contribution in [0.5, 0.6) is 0 Å². The predicted molar refractivity (Wildman–Crippen MR) is 66.1 cm³/mol. The van der Waals surface area contributed by atoms with Crippen molar-refractivity contribution in [2.24, 2.45) is 0 Å². The number of hydrogen-bond donors (Lipinski definition) is 1. The van der Waals surface area contributed by atoms with Gasteiger partial charge in [-0.15, -0.1) is 0 Å². The average molecular weight is 248 g/mol. The lowest BCUT2D eigenvalue weighted by atomic mass is 9.89. The highest BCUT2D eigenvalue weighted by atomic mass is 19.2. The third kappa shape index (κ3) is 2.57. The van der Waals surface area contributed by atoms with Crippen molar-refractivity contribution in [3.63, 3.8) is 0 Å². The van der Waals surface area contributed by atoms with Gasteiger partial charge in [-0.05, 0) is 24.1 Å². The van der Waals surface area contributed by atoms with E-state index in [1.807, 2.05) is 6.07 Å². The molecule has 1 nitrogen and oxygen atoms in total. The number of aliphatic hydroxyl groups is 1. The Morgan fingerprint density at radius 2 is 1.67 bits per heavy atom. The van der Waals surface area contributed by atoms with Crippen LogP contribution < -0.4 is 0 Å². The Morgan fingerprint density at radius 1 is 1.00 bits per heavy atom. The van der Waals surface area contributed by atoms with Gasteiger partial charge in [0.2, 0.25) is 0 Å². The van der Waals surface area contributed by atoms with Gasteiger partial charge < -0.3 is 5.11 Å². The quantitative estimate of drug-likeness (QED) is 0.882. The lowest BCUT2D eigenvalue weighted by molar-refractivity contribution is 0.0565. The average Bonchev–Trinajstić information content (AvgIpc) is 2.36. The molecule has 2 aromatic rings. The van der Waals surface area contributed by atoms with Gasteiger partial charge in [0, 0.05) is 6.42 Å².